The number of hydrogen-bond donors (Lipinski definition) is 2. The number of hydrogen-bond acceptors (Lipinski definition) is 6. The lowest BCUT2D eigenvalue weighted by Gasteiger charge is -2.08. The Labute approximate surface area is 150 Å². The molecule has 130 valence electrons. The van der Waals surface area contributed by atoms with E-state index in [1.807, 2.05) is 0 Å². The summed E-state index contributed by atoms with van der Waals surface area (Å²) >= 11 is 0. The predicted molar refractivity (Wildman–Crippen MR) is 97.5 cm³/mol. The Bertz CT molecular complexity index is 894. The van der Waals surface area contributed by atoms with Crippen LogP contribution in [0.3, 0.4) is 0 Å². The number of aromatic nitrogens is 2. The average Bonchev–Trinajstić information content (AvgIpc) is 2.70. The van der Waals surface area contributed by atoms with Crippen LogP contribution in [0, 0.1) is 0 Å². The van der Waals surface area contributed by atoms with Crippen molar-refractivity contribution in [2.24, 2.45) is 0 Å². The third-order valence-electron chi connectivity index (χ3n) is 3.52. The summed E-state index contributed by atoms with van der Waals surface area (Å²) in [5.41, 5.74) is 2.48. The number of amides is 1. The molecule has 3 rings (SSSR count). The number of anilines is 3. The number of ether oxygens (including phenoxy) is 1. The molecule has 2 aromatic heterocycles. The van der Waals surface area contributed by atoms with E-state index in [-0.39, 0.29) is 11.9 Å². The molecular formula is C19H16N4O3. The average molecular weight is 348 g/mol. The summed E-state index contributed by atoms with van der Waals surface area (Å²) in [5, 5.41) is 5.87. The van der Waals surface area contributed by atoms with Crippen LogP contribution >= 0.6 is 0 Å². The minimum Gasteiger partial charge on any atom is -0.465 e. The number of nitrogens with one attached hydrogen (secondary N) is 2. The summed E-state index contributed by atoms with van der Waals surface area (Å²) in [6, 6.07) is 13.7. The molecule has 0 atom stereocenters. The zero-order chi connectivity index (χ0) is 18.4. The van der Waals surface area contributed by atoms with E-state index in [4.69, 9.17) is 0 Å². The van der Waals surface area contributed by atoms with Gasteiger partial charge in [-0.15, -0.1) is 0 Å². The fourth-order valence-corrected chi connectivity index (χ4v) is 2.20. The standard InChI is InChI=1S/C19H16N4O3/c1-26-19(25)13-4-6-15(7-5-13)22-16-8-9-17(21-12-16)23-18(24)14-3-2-10-20-11-14/h2-12,22H,1H3,(H,21,23,24). The summed E-state index contributed by atoms with van der Waals surface area (Å²) < 4.78 is 4.66. The lowest BCUT2D eigenvalue weighted by molar-refractivity contribution is 0.0600. The molecule has 7 heteroatoms. The van der Waals surface area contributed by atoms with Gasteiger partial charge in [0.05, 0.1) is 30.1 Å². The Morgan fingerprint density at radius 1 is 0.923 bits per heavy atom. The second-order valence-corrected chi connectivity index (χ2v) is 5.32. The molecule has 1 amide bonds. The molecule has 0 radical (unpaired) electrons. The number of benzene rings is 1. The van der Waals surface area contributed by atoms with Gasteiger partial charge in [-0.25, -0.2) is 9.78 Å². The van der Waals surface area contributed by atoms with Crippen LogP contribution in [-0.2, 0) is 4.74 Å². The summed E-state index contributed by atoms with van der Waals surface area (Å²) in [6.45, 7) is 0. The van der Waals surface area contributed by atoms with Crippen molar-refractivity contribution < 1.29 is 14.3 Å². The number of pyridine rings is 2. The van der Waals surface area contributed by atoms with Crippen molar-refractivity contribution >= 4 is 29.1 Å². The molecule has 2 heterocycles. The van der Waals surface area contributed by atoms with E-state index >= 15 is 0 Å². The maximum Gasteiger partial charge on any atom is 0.337 e. The molecule has 0 saturated carbocycles. The first-order chi connectivity index (χ1) is 12.7. The van der Waals surface area contributed by atoms with Gasteiger partial charge in [0.2, 0.25) is 0 Å². The maximum absolute atomic E-state index is 12.1. The van der Waals surface area contributed by atoms with Crippen LogP contribution in [0.4, 0.5) is 17.2 Å². The molecule has 7 nitrogen and oxygen atoms in total. The van der Waals surface area contributed by atoms with E-state index in [1.54, 1.807) is 60.9 Å². The van der Waals surface area contributed by atoms with E-state index in [0.717, 1.165) is 11.4 Å². The lowest BCUT2D eigenvalue weighted by Crippen LogP contribution is -2.13. The van der Waals surface area contributed by atoms with Crippen LogP contribution in [0.5, 0.6) is 0 Å². The van der Waals surface area contributed by atoms with Crippen molar-refractivity contribution in [1.29, 1.82) is 0 Å². The maximum atomic E-state index is 12.1. The first-order valence-electron chi connectivity index (χ1n) is 7.78. The van der Waals surface area contributed by atoms with Gasteiger partial charge in [0.1, 0.15) is 5.82 Å². The summed E-state index contributed by atoms with van der Waals surface area (Å²) in [7, 11) is 1.34. The fourth-order valence-electron chi connectivity index (χ4n) is 2.20. The molecule has 0 unspecified atom stereocenters. The number of nitrogens with zero attached hydrogens (tertiary/aromatic N) is 2. The highest BCUT2D eigenvalue weighted by Crippen LogP contribution is 2.18. The van der Waals surface area contributed by atoms with Gasteiger partial charge >= 0.3 is 5.97 Å². The van der Waals surface area contributed by atoms with Gasteiger partial charge in [-0.05, 0) is 48.5 Å². The molecule has 0 saturated heterocycles. The van der Waals surface area contributed by atoms with Crippen LogP contribution in [0.25, 0.3) is 0 Å². The minimum absolute atomic E-state index is 0.273. The van der Waals surface area contributed by atoms with Gasteiger partial charge in [0.15, 0.2) is 0 Å². The van der Waals surface area contributed by atoms with Gasteiger partial charge in [-0.1, -0.05) is 0 Å². The van der Waals surface area contributed by atoms with Crippen LogP contribution in [0.1, 0.15) is 20.7 Å². The highest BCUT2D eigenvalue weighted by molar-refractivity contribution is 6.03. The predicted octanol–water partition coefficient (Wildman–Crippen LogP) is 3.26. The smallest absolute Gasteiger partial charge is 0.337 e. The molecule has 0 spiro atoms. The van der Waals surface area contributed by atoms with Crippen LogP contribution in [0.15, 0.2) is 67.1 Å². The number of carbonyl (C=O) groups is 2. The third-order valence-corrected chi connectivity index (χ3v) is 3.52. The van der Waals surface area contributed by atoms with Crippen molar-refractivity contribution in [3.8, 4) is 0 Å². The van der Waals surface area contributed by atoms with E-state index in [1.165, 1.54) is 13.3 Å². The normalized spacial score (nSPS) is 10.0. The van der Waals surface area contributed by atoms with Crippen molar-refractivity contribution in [2.45, 2.75) is 0 Å². The molecule has 0 bridgehead atoms. The third kappa shape index (κ3) is 4.21. The monoisotopic (exact) mass is 348 g/mol. The van der Waals surface area contributed by atoms with Crippen molar-refractivity contribution in [1.82, 2.24) is 9.97 Å². The quantitative estimate of drug-likeness (QED) is 0.688. The first-order valence-corrected chi connectivity index (χ1v) is 7.78. The van der Waals surface area contributed by atoms with E-state index in [2.05, 4.69) is 25.3 Å². The van der Waals surface area contributed by atoms with Crippen LogP contribution in [-0.4, -0.2) is 29.0 Å². The Morgan fingerprint density at radius 3 is 2.31 bits per heavy atom. The van der Waals surface area contributed by atoms with E-state index in [9.17, 15) is 9.59 Å². The van der Waals surface area contributed by atoms with Gasteiger partial charge in [-0.2, -0.15) is 0 Å². The van der Waals surface area contributed by atoms with Crippen molar-refractivity contribution in [3.05, 3.63) is 78.2 Å². The van der Waals surface area contributed by atoms with Crippen molar-refractivity contribution in [3.63, 3.8) is 0 Å². The molecule has 0 fully saturated rings. The van der Waals surface area contributed by atoms with Gasteiger partial charge < -0.3 is 15.4 Å². The molecule has 26 heavy (non-hydrogen) atoms. The Kier molecular flexibility index (Phi) is 5.19. The largest absolute Gasteiger partial charge is 0.465 e. The molecule has 0 aliphatic rings. The van der Waals surface area contributed by atoms with Gasteiger partial charge in [0.25, 0.3) is 5.91 Å². The topological polar surface area (TPSA) is 93.2 Å². The summed E-state index contributed by atoms with van der Waals surface area (Å²) in [4.78, 5) is 31.6. The van der Waals surface area contributed by atoms with Crippen LogP contribution < -0.4 is 10.6 Å². The Balaban J connectivity index is 1.62. The van der Waals surface area contributed by atoms with Gasteiger partial charge in [-0.3, -0.25) is 9.78 Å². The highest BCUT2D eigenvalue weighted by atomic mass is 16.5. The minimum atomic E-state index is -0.382. The fraction of sp³-hybridized carbons (Fsp3) is 0.0526. The molecule has 0 aliphatic heterocycles. The first kappa shape index (κ1) is 17.1. The lowest BCUT2D eigenvalue weighted by atomic mass is 10.2. The van der Waals surface area contributed by atoms with Crippen molar-refractivity contribution in [2.75, 3.05) is 17.7 Å². The Hall–Kier alpha value is -3.74. The second kappa shape index (κ2) is 7.89. The second-order valence-electron chi connectivity index (χ2n) is 5.32. The SMILES string of the molecule is COC(=O)c1ccc(Nc2ccc(NC(=O)c3cccnc3)nc2)cc1. The van der Waals surface area contributed by atoms with Crippen LogP contribution in [0.2, 0.25) is 0 Å². The van der Waals surface area contributed by atoms with Gasteiger partial charge in [0, 0.05) is 18.1 Å². The number of rotatable bonds is 5. The molecular weight excluding hydrogens is 332 g/mol. The number of carbonyl (C=O) groups excluding carboxylic acids is 2. The summed E-state index contributed by atoms with van der Waals surface area (Å²) in [5.74, 6) is -0.220. The van der Waals surface area contributed by atoms with E-state index in [0.29, 0.717) is 16.9 Å². The molecule has 2 N–H and O–H groups in total. The molecule has 1 aromatic carbocycles. The molecule has 0 aliphatic carbocycles. The number of esters is 1. The molecule has 3 aromatic rings. The number of methoxy groups -OCH3 is 1. The zero-order valence-corrected chi connectivity index (χ0v) is 14.0. The Morgan fingerprint density at radius 2 is 1.69 bits per heavy atom. The highest BCUT2D eigenvalue weighted by Gasteiger charge is 2.07. The zero-order valence-electron chi connectivity index (χ0n) is 14.0. The summed E-state index contributed by atoms with van der Waals surface area (Å²) in [6.07, 6.45) is 4.70. The van der Waals surface area contributed by atoms with E-state index < -0.39 is 0 Å².